The maximum atomic E-state index is 12.8. The van der Waals surface area contributed by atoms with Gasteiger partial charge in [0.25, 0.3) is 11.8 Å². The quantitative estimate of drug-likeness (QED) is 0.834. The lowest BCUT2D eigenvalue weighted by Crippen LogP contribution is -2.43. The number of carbonyl (C=O) groups is 1. The minimum absolute atomic E-state index is 0.320. The molecule has 1 N–H and O–H groups in total. The fraction of sp³-hybridized carbons (Fsp3) is 0.400. The largest absolute Gasteiger partial charge is 0.344 e. The van der Waals surface area contributed by atoms with E-state index in [1.807, 2.05) is 0 Å². The Bertz CT molecular complexity index is 335. The normalized spacial score (nSPS) is 13.3. The Morgan fingerprint density at radius 3 is 2.47 bits per heavy atom. The van der Waals surface area contributed by atoms with Crippen molar-refractivity contribution < 1.29 is 13.6 Å². The van der Waals surface area contributed by atoms with E-state index in [1.54, 1.807) is 0 Å². The van der Waals surface area contributed by atoms with Gasteiger partial charge in [0.2, 0.25) is 0 Å². The van der Waals surface area contributed by atoms with Crippen molar-refractivity contribution in [1.82, 2.24) is 10.3 Å². The highest BCUT2D eigenvalue weighted by molar-refractivity contribution is 5.94. The number of hydrogen-bond acceptors (Lipinski definition) is 2. The van der Waals surface area contributed by atoms with Crippen molar-refractivity contribution >= 4 is 5.91 Å². The number of carbonyl (C=O) groups excluding carboxylic acids is 1. The van der Waals surface area contributed by atoms with Crippen LogP contribution in [0.3, 0.4) is 0 Å². The second-order valence-corrected chi connectivity index (χ2v) is 3.39. The number of alkyl halides is 2. The maximum absolute atomic E-state index is 12.8. The molecule has 0 radical (unpaired) electrons. The third-order valence-corrected chi connectivity index (χ3v) is 2.05. The minimum Gasteiger partial charge on any atom is -0.344 e. The molecule has 15 heavy (non-hydrogen) atoms. The zero-order valence-corrected chi connectivity index (χ0v) is 8.50. The molecule has 1 aromatic heterocycles. The molecule has 0 saturated heterocycles. The minimum atomic E-state index is -2.93. The highest BCUT2D eigenvalue weighted by atomic mass is 19.3. The van der Waals surface area contributed by atoms with Crippen LogP contribution < -0.4 is 5.32 Å². The Morgan fingerprint density at radius 2 is 2.00 bits per heavy atom. The molecule has 0 aromatic carbocycles. The van der Waals surface area contributed by atoms with Crippen molar-refractivity contribution in [1.29, 1.82) is 0 Å². The zero-order chi connectivity index (χ0) is 11.5. The van der Waals surface area contributed by atoms with Crippen molar-refractivity contribution in [2.24, 2.45) is 0 Å². The van der Waals surface area contributed by atoms with Crippen LogP contribution in [-0.2, 0) is 0 Å². The molecule has 1 amide bonds. The molecular formula is C10H12F2N2O. The predicted molar refractivity (Wildman–Crippen MR) is 51.8 cm³/mol. The number of halogens is 2. The Hall–Kier alpha value is -1.52. The van der Waals surface area contributed by atoms with Crippen LogP contribution in [0.1, 0.15) is 24.2 Å². The number of pyridine rings is 1. The molecule has 3 nitrogen and oxygen atoms in total. The molecule has 0 bridgehead atoms. The fourth-order valence-electron chi connectivity index (χ4n) is 0.910. The van der Waals surface area contributed by atoms with Crippen LogP contribution in [-0.4, -0.2) is 22.9 Å². The van der Waals surface area contributed by atoms with Gasteiger partial charge in [-0.1, -0.05) is 0 Å². The molecule has 1 rings (SSSR count). The number of nitrogens with zero attached hydrogens (tertiary/aromatic N) is 1. The number of hydrogen-bond donors (Lipinski definition) is 1. The van der Waals surface area contributed by atoms with Gasteiger partial charge in [0.1, 0.15) is 0 Å². The van der Waals surface area contributed by atoms with Gasteiger partial charge >= 0.3 is 0 Å². The van der Waals surface area contributed by atoms with E-state index in [9.17, 15) is 13.6 Å². The highest BCUT2D eigenvalue weighted by Crippen LogP contribution is 2.16. The summed E-state index contributed by atoms with van der Waals surface area (Å²) in [5.74, 6) is -3.45. The van der Waals surface area contributed by atoms with E-state index in [0.717, 1.165) is 6.92 Å². The molecule has 0 unspecified atom stereocenters. The summed E-state index contributed by atoms with van der Waals surface area (Å²) in [6.45, 7) is 2.03. The Morgan fingerprint density at radius 1 is 1.47 bits per heavy atom. The van der Waals surface area contributed by atoms with Crippen molar-refractivity contribution in [2.75, 3.05) is 0 Å². The summed E-state index contributed by atoms with van der Waals surface area (Å²) < 4.78 is 25.5. The molecule has 0 aliphatic carbocycles. The predicted octanol–water partition coefficient (Wildman–Crippen LogP) is 1.86. The van der Waals surface area contributed by atoms with Gasteiger partial charge in [-0.25, -0.2) is 8.78 Å². The van der Waals surface area contributed by atoms with E-state index >= 15 is 0 Å². The Labute approximate surface area is 86.5 Å². The van der Waals surface area contributed by atoms with E-state index in [4.69, 9.17) is 0 Å². The SMILES string of the molecule is C[C@H](NC(=O)c1ccncc1)C(C)(F)F. The average Bonchev–Trinajstić information content (AvgIpc) is 2.17. The van der Waals surface area contributed by atoms with Gasteiger partial charge < -0.3 is 5.32 Å². The third-order valence-electron chi connectivity index (χ3n) is 2.05. The van der Waals surface area contributed by atoms with Gasteiger partial charge in [-0.05, 0) is 19.1 Å². The first-order valence-corrected chi connectivity index (χ1v) is 4.50. The fourth-order valence-corrected chi connectivity index (χ4v) is 0.910. The third kappa shape index (κ3) is 3.27. The summed E-state index contributed by atoms with van der Waals surface area (Å²) in [5, 5.41) is 2.22. The second-order valence-electron chi connectivity index (χ2n) is 3.39. The van der Waals surface area contributed by atoms with Crippen LogP contribution in [0.25, 0.3) is 0 Å². The lowest BCUT2D eigenvalue weighted by atomic mass is 10.2. The molecule has 0 fully saturated rings. The van der Waals surface area contributed by atoms with E-state index in [-0.39, 0.29) is 0 Å². The first kappa shape index (κ1) is 11.6. The standard InChI is InChI=1S/C10H12F2N2O/c1-7(10(2,11)12)14-9(15)8-3-5-13-6-4-8/h3-7H,1-2H3,(H,14,15)/t7-/m0/s1. The molecular weight excluding hydrogens is 202 g/mol. The molecule has 1 heterocycles. The van der Waals surface area contributed by atoms with Crippen LogP contribution in [0, 0.1) is 0 Å². The number of rotatable bonds is 3. The second kappa shape index (κ2) is 4.33. The van der Waals surface area contributed by atoms with E-state index in [2.05, 4.69) is 10.3 Å². The van der Waals surface area contributed by atoms with Gasteiger partial charge in [0.15, 0.2) is 0 Å². The Kier molecular flexibility index (Phi) is 3.34. The molecule has 0 spiro atoms. The van der Waals surface area contributed by atoms with Crippen LogP contribution in [0.5, 0.6) is 0 Å². The lowest BCUT2D eigenvalue weighted by molar-refractivity contribution is -0.0108. The van der Waals surface area contributed by atoms with Crippen molar-refractivity contribution in [3.8, 4) is 0 Å². The highest BCUT2D eigenvalue weighted by Gasteiger charge is 2.31. The molecule has 82 valence electrons. The Balaban J connectivity index is 2.65. The molecule has 5 heteroatoms. The smallest absolute Gasteiger partial charge is 0.264 e. The summed E-state index contributed by atoms with van der Waals surface area (Å²) in [7, 11) is 0. The van der Waals surface area contributed by atoms with Crippen LogP contribution in [0.4, 0.5) is 8.78 Å². The first-order valence-electron chi connectivity index (χ1n) is 4.50. The van der Waals surface area contributed by atoms with Crippen LogP contribution >= 0.6 is 0 Å². The molecule has 1 aromatic rings. The van der Waals surface area contributed by atoms with Gasteiger partial charge in [0, 0.05) is 24.9 Å². The van der Waals surface area contributed by atoms with E-state index in [1.165, 1.54) is 31.5 Å². The number of nitrogens with one attached hydrogen (secondary N) is 1. The summed E-state index contributed by atoms with van der Waals surface area (Å²) in [6, 6.07) is 1.74. The monoisotopic (exact) mass is 214 g/mol. The molecule has 0 saturated carbocycles. The summed E-state index contributed by atoms with van der Waals surface area (Å²) >= 11 is 0. The topological polar surface area (TPSA) is 42.0 Å². The van der Waals surface area contributed by atoms with E-state index in [0.29, 0.717) is 5.56 Å². The summed E-state index contributed by atoms with van der Waals surface area (Å²) in [4.78, 5) is 15.2. The van der Waals surface area contributed by atoms with Gasteiger partial charge in [-0.2, -0.15) is 0 Å². The molecule has 1 atom stereocenters. The number of aromatic nitrogens is 1. The van der Waals surface area contributed by atoms with Crippen molar-refractivity contribution in [3.05, 3.63) is 30.1 Å². The molecule has 0 aliphatic rings. The van der Waals surface area contributed by atoms with Gasteiger partial charge in [-0.15, -0.1) is 0 Å². The maximum Gasteiger partial charge on any atom is 0.264 e. The average molecular weight is 214 g/mol. The van der Waals surface area contributed by atoms with Gasteiger partial charge in [-0.3, -0.25) is 9.78 Å². The van der Waals surface area contributed by atoms with Crippen molar-refractivity contribution in [3.63, 3.8) is 0 Å². The van der Waals surface area contributed by atoms with Crippen LogP contribution in [0.2, 0.25) is 0 Å². The van der Waals surface area contributed by atoms with E-state index < -0.39 is 17.9 Å². The van der Waals surface area contributed by atoms with Crippen LogP contribution in [0.15, 0.2) is 24.5 Å². The van der Waals surface area contributed by atoms with Gasteiger partial charge in [0.05, 0.1) is 6.04 Å². The summed E-state index contributed by atoms with van der Waals surface area (Å²) in [5.41, 5.74) is 0.320. The zero-order valence-electron chi connectivity index (χ0n) is 8.50. The first-order chi connectivity index (χ1) is 6.91. The molecule has 0 aliphatic heterocycles. The lowest BCUT2D eigenvalue weighted by Gasteiger charge is -2.20. The number of amides is 1. The van der Waals surface area contributed by atoms with Crippen molar-refractivity contribution in [2.45, 2.75) is 25.8 Å². The summed E-state index contributed by atoms with van der Waals surface area (Å²) in [6.07, 6.45) is 2.87.